The lowest BCUT2D eigenvalue weighted by Crippen LogP contribution is -2.20. The van der Waals surface area contributed by atoms with Crippen molar-refractivity contribution in [1.82, 2.24) is 5.32 Å². The second-order valence-corrected chi connectivity index (χ2v) is 7.45. The summed E-state index contributed by atoms with van der Waals surface area (Å²) in [6, 6.07) is 19.9. The van der Waals surface area contributed by atoms with E-state index < -0.39 is 0 Å². The van der Waals surface area contributed by atoms with Gasteiger partial charge in [0.1, 0.15) is 5.84 Å². The molecule has 0 aromatic heterocycles. The maximum atomic E-state index is 4.98. The molecule has 0 fully saturated rings. The van der Waals surface area contributed by atoms with Gasteiger partial charge in [-0.1, -0.05) is 55.0 Å². The summed E-state index contributed by atoms with van der Waals surface area (Å²) in [4.78, 5) is 4.57. The zero-order valence-corrected chi connectivity index (χ0v) is 18.1. The normalized spacial score (nSPS) is 12.9. The van der Waals surface area contributed by atoms with Crippen molar-refractivity contribution in [1.29, 1.82) is 0 Å². The molecule has 0 spiro atoms. The average Bonchev–Trinajstić information content (AvgIpc) is 3.27. The number of ether oxygens (including phenoxy) is 1. The van der Waals surface area contributed by atoms with Crippen LogP contribution in [0.2, 0.25) is 0 Å². The predicted octanol–water partition coefficient (Wildman–Crippen LogP) is 5.91. The Bertz CT molecular complexity index is 970. The number of nitrogens with one attached hydrogen (secondary N) is 1. The molecule has 1 heterocycles. The zero-order chi connectivity index (χ0) is 20.6. The first-order chi connectivity index (χ1) is 14.1. The van der Waals surface area contributed by atoms with Gasteiger partial charge in [0.05, 0.1) is 6.54 Å². The monoisotopic (exact) mass is 388 g/mol. The Kier molecular flexibility index (Phi) is 7.42. The van der Waals surface area contributed by atoms with Gasteiger partial charge in [0, 0.05) is 25.3 Å². The molecule has 1 aliphatic rings. The highest BCUT2D eigenvalue weighted by molar-refractivity contribution is 6.04. The van der Waals surface area contributed by atoms with Crippen molar-refractivity contribution >= 4 is 16.6 Å². The number of rotatable bonds is 5. The largest absolute Gasteiger partial charge is 0.382 e. The minimum atomic E-state index is 0.855. The molecule has 0 radical (unpaired) electrons. The Balaban J connectivity index is 0.000000353. The molecule has 3 nitrogen and oxygen atoms in total. The summed E-state index contributed by atoms with van der Waals surface area (Å²) < 4.78 is 4.98. The fourth-order valence-electron chi connectivity index (χ4n) is 3.46. The molecule has 29 heavy (non-hydrogen) atoms. The summed E-state index contributed by atoms with van der Waals surface area (Å²) in [6.07, 6.45) is 1.13. The second-order valence-electron chi connectivity index (χ2n) is 7.45. The molecular weight excluding hydrogens is 356 g/mol. The van der Waals surface area contributed by atoms with Crippen LogP contribution < -0.4 is 5.32 Å². The third-order valence-corrected chi connectivity index (χ3v) is 5.05. The first-order valence-corrected chi connectivity index (χ1v) is 10.6. The van der Waals surface area contributed by atoms with E-state index in [4.69, 9.17) is 4.74 Å². The Hall–Kier alpha value is -2.65. The number of fused-ring (bicyclic) bond motifs is 1. The molecular formula is C26H32N2O. The number of nitrogens with zero attached hydrogens (tertiary/aromatic N) is 1. The third-order valence-electron chi connectivity index (χ3n) is 5.05. The molecule has 0 amide bonds. The molecule has 3 heteroatoms. The van der Waals surface area contributed by atoms with Gasteiger partial charge in [0.15, 0.2) is 0 Å². The van der Waals surface area contributed by atoms with Crippen molar-refractivity contribution in [2.75, 3.05) is 26.3 Å². The fraction of sp³-hybridized carbons (Fsp3) is 0.346. The number of aliphatic imine (C=N–C) groups is 1. The number of aryl methyl sites for hydroxylation is 2. The van der Waals surface area contributed by atoms with Crippen LogP contribution in [0, 0.1) is 13.8 Å². The molecule has 1 N–H and O–H groups in total. The predicted molar refractivity (Wildman–Crippen MR) is 125 cm³/mol. The molecule has 0 atom stereocenters. The zero-order valence-electron chi connectivity index (χ0n) is 18.1. The molecule has 0 unspecified atom stereocenters. The van der Waals surface area contributed by atoms with Gasteiger partial charge in [-0.05, 0) is 66.8 Å². The Morgan fingerprint density at radius 3 is 2.28 bits per heavy atom. The van der Waals surface area contributed by atoms with Crippen molar-refractivity contribution in [3.05, 3.63) is 71.3 Å². The van der Waals surface area contributed by atoms with Crippen LogP contribution in [0.1, 0.15) is 37.0 Å². The van der Waals surface area contributed by atoms with Crippen molar-refractivity contribution in [3.8, 4) is 11.1 Å². The molecule has 0 aliphatic carbocycles. The molecule has 1 aliphatic heterocycles. The maximum Gasteiger partial charge on any atom is 0.128 e. The first kappa shape index (κ1) is 21.1. The minimum Gasteiger partial charge on any atom is -0.382 e. The molecule has 0 saturated heterocycles. The van der Waals surface area contributed by atoms with Gasteiger partial charge in [-0.2, -0.15) is 0 Å². The standard InChI is InChI=1S/C21H20N2.C5H12O/c1-14-3-5-16(6-4-14)18-8-7-17-11-15(2)20(13-19(17)12-18)21-22-9-10-23-21;1-3-5-6-4-2/h3-8,11-13H,9-10H2,1-2H3,(H,22,23);3-5H2,1-2H3. The number of hydrogen-bond acceptors (Lipinski definition) is 3. The molecule has 152 valence electrons. The smallest absolute Gasteiger partial charge is 0.128 e. The van der Waals surface area contributed by atoms with Crippen LogP contribution >= 0.6 is 0 Å². The molecule has 0 bridgehead atoms. The lowest BCUT2D eigenvalue weighted by molar-refractivity contribution is 0.148. The number of benzene rings is 3. The highest BCUT2D eigenvalue weighted by atomic mass is 16.5. The van der Waals surface area contributed by atoms with Crippen LogP contribution in [0.4, 0.5) is 0 Å². The topological polar surface area (TPSA) is 33.6 Å². The van der Waals surface area contributed by atoms with Crippen molar-refractivity contribution < 1.29 is 4.74 Å². The Morgan fingerprint density at radius 1 is 0.897 bits per heavy atom. The van der Waals surface area contributed by atoms with Gasteiger partial charge >= 0.3 is 0 Å². The number of hydrogen-bond donors (Lipinski definition) is 1. The van der Waals surface area contributed by atoms with Gasteiger partial charge < -0.3 is 10.1 Å². The lowest BCUT2D eigenvalue weighted by atomic mass is 9.97. The van der Waals surface area contributed by atoms with Crippen LogP contribution in [0.3, 0.4) is 0 Å². The van der Waals surface area contributed by atoms with Gasteiger partial charge in [-0.25, -0.2) is 0 Å². The molecule has 4 rings (SSSR count). The van der Waals surface area contributed by atoms with E-state index >= 15 is 0 Å². The van der Waals surface area contributed by atoms with E-state index in [9.17, 15) is 0 Å². The highest BCUT2D eigenvalue weighted by Crippen LogP contribution is 2.27. The first-order valence-electron chi connectivity index (χ1n) is 10.6. The van der Waals surface area contributed by atoms with Gasteiger partial charge in [0.25, 0.3) is 0 Å². The summed E-state index contributed by atoms with van der Waals surface area (Å²) in [5.74, 6) is 1.03. The average molecular weight is 389 g/mol. The van der Waals surface area contributed by atoms with Crippen molar-refractivity contribution in [2.45, 2.75) is 34.1 Å². The number of amidine groups is 1. The Labute approximate surface area is 174 Å². The van der Waals surface area contributed by atoms with E-state index in [2.05, 4.69) is 85.7 Å². The van der Waals surface area contributed by atoms with E-state index in [1.54, 1.807) is 0 Å². The van der Waals surface area contributed by atoms with E-state index in [-0.39, 0.29) is 0 Å². The molecule has 3 aromatic rings. The summed E-state index contributed by atoms with van der Waals surface area (Å²) in [6.45, 7) is 12.0. The summed E-state index contributed by atoms with van der Waals surface area (Å²) in [5, 5.41) is 5.92. The second kappa shape index (κ2) is 10.2. The van der Waals surface area contributed by atoms with Crippen LogP contribution in [0.25, 0.3) is 21.9 Å². The van der Waals surface area contributed by atoms with Crippen LogP contribution in [0.5, 0.6) is 0 Å². The van der Waals surface area contributed by atoms with E-state index in [0.717, 1.165) is 38.6 Å². The van der Waals surface area contributed by atoms with Crippen LogP contribution in [0.15, 0.2) is 59.6 Å². The summed E-state index contributed by atoms with van der Waals surface area (Å²) in [7, 11) is 0. The lowest BCUT2D eigenvalue weighted by Gasteiger charge is -2.10. The van der Waals surface area contributed by atoms with Crippen molar-refractivity contribution in [2.24, 2.45) is 4.99 Å². The van der Waals surface area contributed by atoms with Crippen LogP contribution in [-0.4, -0.2) is 32.1 Å². The summed E-state index contributed by atoms with van der Waals surface area (Å²) in [5.41, 5.74) is 6.30. The SMILES string of the molecule is CCCOCC.Cc1ccc(-c2ccc3cc(C)c(C4=NCCN4)cc3c2)cc1. The quantitative estimate of drug-likeness (QED) is 0.552. The summed E-state index contributed by atoms with van der Waals surface area (Å²) >= 11 is 0. The van der Waals surface area contributed by atoms with E-state index in [1.807, 2.05) is 6.92 Å². The van der Waals surface area contributed by atoms with Gasteiger partial charge in [-0.3, -0.25) is 4.99 Å². The minimum absolute atomic E-state index is 0.855. The fourth-order valence-corrected chi connectivity index (χ4v) is 3.46. The molecule has 0 saturated carbocycles. The van der Waals surface area contributed by atoms with E-state index in [1.165, 1.54) is 38.6 Å². The third kappa shape index (κ3) is 5.45. The van der Waals surface area contributed by atoms with Gasteiger partial charge in [-0.15, -0.1) is 0 Å². The Morgan fingerprint density at radius 2 is 1.66 bits per heavy atom. The van der Waals surface area contributed by atoms with E-state index in [0.29, 0.717) is 0 Å². The van der Waals surface area contributed by atoms with Crippen LogP contribution in [-0.2, 0) is 4.74 Å². The highest BCUT2D eigenvalue weighted by Gasteiger charge is 2.12. The van der Waals surface area contributed by atoms with Crippen molar-refractivity contribution in [3.63, 3.8) is 0 Å². The van der Waals surface area contributed by atoms with Gasteiger partial charge in [0.2, 0.25) is 0 Å². The molecule has 3 aromatic carbocycles. The maximum absolute atomic E-state index is 4.98.